The van der Waals surface area contributed by atoms with Gasteiger partial charge in [-0.3, -0.25) is 4.72 Å². The smallest absolute Gasteiger partial charge is 0.264 e. The first-order valence-electron chi connectivity index (χ1n) is 7.18. The Hall–Kier alpha value is -2.36. The van der Waals surface area contributed by atoms with Crippen molar-refractivity contribution in [3.63, 3.8) is 0 Å². The van der Waals surface area contributed by atoms with E-state index in [9.17, 15) is 8.42 Å². The zero-order chi connectivity index (χ0) is 18.7. The molecule has 0 atom stereocenters. The molecular formula is C15H12Cl2N4O4S. The third kappa shape index (κ3) is 4.06. The van der Waals surface area contributed by atoms with Crippen molar-refractivity contribution in [1.29, 1.82) is 0 Å². The molecule has 8 nitrogen and oxygen atoms in total. The highest BCUT2D eigenvalue weighted by molar-refractivity contribution is 7.92. The van der Waals surface area contributed by atoms with Gasteiger partial charge in [0.25, 0.3) is 15.9 Å². The second kappa shape index (κ2) is 7.48. The minimum atomic E-state index is -4.05. The lowest BCUT2D eigenvalue weighted by Crippen LogP contribution is -2.16. The quantitative estimate of drug-likeness (QED) is 0.657. The maximum Gasteiger partial charge on any atom is 0.264 e. The fourth-order valence-electron chi connectivity index (χ4n) is 1.99. The standard InChI is InChI=1S/C15H12Cl2N4O4S/c1-9-20-10(7-24-9)8-25-15-14(18-5-6-19-15)21-26(22,23)12-4-2-3-11(16)13(12)17/h2-7H,8H2,1H3,(H,18,21). The van der Waals surface area contributed by atoms with Crippen molar-refractivity contribution in [2.24, 2.45) is 0 Å². The summed E-state index contributed by atoms with van der Waals surface area (Å²) in [5.41, 5.74) is 0.528. The van der Waals surface area contributed by atoms with Gasteiger partial charge in [0.05, 0.1) is 10.0 Å². The van der Waals surface area contributed by atoms with Crippen LogP contribution >= 0.6 is 23.2 Å². The number of nitrogens with zero attached hydrogens (tertiary/aromatic N) is 3. The largest absolute Gasteiger partial charge is 0.468 e. The molecule has 1 aromatic carbocycles. The molecule has 0 unspecified atom stereocenters. The van der Waals surface area contributed by atoms with E-state index >= 15 is 0 Å². The molecule has 0 saturated carbocycles. The molecule has 136 valence electrons. The van der Waals surface area contributed by atoms with E-state index in [1.165, 1.54) is 36.9 Å². The van der Waals surface area contributed by atoms with Crippen LogP contribution in [0.15, 0.2) is 46.2 Å². The van der Waals surface area contributed by atoms with Crippen molar-refractivity contribution in [3.05, 3.63) is 58.5 Å². The monoisotopic (exact) mass is 414 g/mol. The van der Waals surface area contributed by atoms with Crippen LogP contribution in [0.4, 0.5) is 5.82 Å². The number of hydrogen-bond acceptors (Lipinski definition) is 7. The van der Waals surface area contributed by atoms with E-state index in [0.29, 0.717) is 11.6 Å². The summed E-state index contributed by atoms with van der Waals surface area (Å²) in [7, 11) is -4.05. The molecule has 3 rings (SSSR count). The lowest BCUT2D eigenvalue weighted by Gasteiger charge is -2.12. The number of oxazole rings is 1. The summed E-state index contributed by atoms with van der Waals surface area (Å²) in [6, 6.07) is 4.29. The Kier molecular flexibility index (Phi) is 5.30. The van der Waals surface area contributed by atoms with Gasteiger partial charge in [0.1, 0.15) is 23.5 Å². The summed E-state index contributed by atoms with van der Waals surface area (Å²) in [5, 5.41) is 0.0256. The Morgan fingerprint density at radius 1 is 1.23 bits per heavy atom. The van der Waals surface area contributed by atoms with Gasteiger partial charge in [0, 0.05) is 19.3 Å². The molecule has 3 aromatic rings. The molecule has 0 aliphatic heterocycles. The SMILES string of the molecule is Cc1nc(COc2nccnc2NS(=O)(=O)c2cccc(Cl)c2Cl)co1. The third-order valence-corrected chi connectivity index (χ3v) is 5.44. The van der Waals surface area contributed by atoms with Crippen molar-refractivity contribution < 1.29 is 17.6 Å². The molecule has 0 spiro atoms. The van der Waals surface area contributed by atoms with Gasteiger partial charge in [-0.15, -0.1) is 0 Å². The maximum absolute atomic E-state index is 12.6. The molecule has 26 heavy (non-hydrogen) atoms. The second-order valence-corrected chi connectivity index (χ2v) is 7.45. The van der Waals surface area contributed by atoms with Gasteiger partial charge in [-0.2, -0.15) is 0 Å². The van der Waals surface area contributed by atoms with Crippen LogP contribution in [0.5, 0.6) is 5.88 Å². The van der Waals surface area contributed by atoms with Gasteiger partial charge in [-0.25, -0.2) is 23.4 Å². The minimum absolute atomic E-state index is 0.0186. The number of benzene rings is 1. The van der Waals surface area contributed by atoms with Crippen LogP contribution in [-0.4, -0.2) is 23.4 Å². The van der Waals surface area contributed by atoms with Gasteiger partial charge in [-0.05, 0) is 12.1 Å². The molecule has 0 aliphatic rings. The summed E-state index contributed by atoms with van der Waals surface area (Å²) in [4.78, 5) is 11.9. The van der Waals surface area contributed by atoms with Crippen LogP contribution in [0.2, 0.25) is 10.0 Å². The van der Waals surface area contributed by atoms with Crippen molar-refractivity contribution >= 4 is 39.0 Å². The molecule has 0 saturated heterocycles. The number of aromatic nitrogens is 3. The number of anilines is 1. The summed E-state index contributed by atoms with van der Waals surface area (Å²) in [6.45, 7) is 1.72. The number of aryl methyl sites for hydroxylation is 1. The van der Waals surface area contributed by atoms with E-state index in [1.54, 1.807) is 6.92 Å². The van der Waals surface area contributed by atoms with Crippen molar-refractivity contribution in [1.82, 2.24) is 15.0 Å². The fourth-order valence-corrected chi connectivity index (χ4v) is 3.76. The van der Waals surface area contributed by atoms with Crippen LogP contribution < -0.4 is 9.46 Å². The van der Waals surface area contributed by atoms with Gasteiger partial charge in [0.15, 0.2) is 5.89 Å². The number of rotatable bonds is 6. The first-order valence-corrected chi connectivity index (χ1v) is 9.42. The maximum atomic E-state index is 12.6. The number of ether oxygens (including phenoxy) is 1. The summed E-state index contributed by atoms with van der Waals surface area (Å²) in [6.07, 6.45) is 4.12. The van der Waals surface area contributed by atoms with Crippen molar-refractivity contribution in [2.75, 3.05) is 4.72 Å². The molecule has 0 fully saturated rings. The molecule has 0 amide bonds. The normalized spacial score (nSPS) is 11.3. The molecule has 0 bridgehead atoms. The number of sulfonamides is 1. The molecule has 11 heteroatoms. The minimum Gasteiger partial charge on any atom is -0.468 e. The van der Waals surface area contributed by atoms with Crippen LogP contribution in [0.25, 0.3) is 0 Å². The molecule has 2 heterocycles. The van der Waals surface area contributed by atoms with E-state index in [2.05, 4.69) is 19.7 Å². The summed E-state index contributed by atoms with van der Waals surface area (Å²) in [5.74, 6) is 0.373. The molecule has 1 N–H and O–H groups in total. The number of nitrogens with one attached hydrogen (secondary N) is 1. The van der Waals surface area contributed by atoms with Gasteiger partial charge in [-0.1, -0.05) is 29.3 Å². The predicted molar refractivity (Wildman–Crippen MR) is 94.9 cm³/mol. The number of hydrogen-bond donors (Lipinski definition) is 1. The highest BCUT2D eigenvalue weighted by Gasteiger charge is 2.22. The average molecular weight is 415 g/mol. The lowest BCUT2D eigenvalue weighted by atomic mass is 10.4. The summed E-state index contributed by atoms with van der Waals surface area (Å²) < 4.78 is 38.1. The lowest BCUT2D eigenvalue weighted by molar-refractivity contribution is 0.289. The first-order chi connectivity index (χ1) is 12.4. The van der Waals surface area contributed by atoms with E-state index < -0.39 is 10.0 Å². The van der Waals surface area contributed by atoms with Crippen LogP contribution in [0, 0.1) is 6.92 Å². The van der Waals surface area contributed by atoms with Gasteiger partial charge < -0.3 is 9.15 Å². The Bertz CT molecular complexity index is 1040. The predicted octanol–water partition coefficient (Wildman–Crippen LogP) is 3.46. The van der Waals surface area contributed by atoms with E-state index in [0.717, 1.165) is 0 Å². The van der Waals surface area contributed by atoms with Crippen LogP contribution in [0.3, 0.4) is 0 Å². The molecular weight excluding hydrogens is 403 g/mol. The van der Waals surface area contributed by atoms with E-state index in [-0.39, 0.29) is 33.2 Å². The van der Waals surface area contributed by atoms with Gasteiger partial charge in [0.2, 0.25) is 5.82 Å². The van der Waals surface area contributed by atoms with E-state index in [4.69, 9.17) is 32.4 Å². The molecule has 0 radical (unpaired) electrons. The zero-order valence-electron chi connectivity index (χ0n) is 13.3. The topological polar surface area (TPSA) is 107 Å². The number of halogens is 2. The van der Waals surface area contributed by atoms with Crippen LogP contribution in [-0.2, 0) is 16.6 Å². The molecule has 2 aromatic heterocycles. The summed E-state index contributed by atoms with van der Waals surface area (Å²) >= 11 is 11.9. The Balaban J connectivity index is 1.84. The first kappa shape index (κ1) is 18.4. The molecule has 0 aliphatic carbocycles. The Morgan fingerprint density at radius 3 is 2.73 bits per heavy atom. The fraction of sp³-hybridized carbons (Fsp3) is 0.133. The zero-order valence-corrected chi connectivity index (χ0v) is 15.6. The highest BCUT2D eigenvalue weighted by Crippen LogP contribution is 2.31. The van der Waals surface area contributed by atoms with Crippen molar-refractivity contribution in [2.45, 2.75) is 18.4 Å². The second-order valence-electron chi connectivity index (χ2n) is 5.01. The highest BCUT2D eigenvalue weighted by atomic mass is 35.5. The van der Waals surface area contributed by atoms with E-state index in [1.807, 2.05) is 0 Å². The third-order valence-electron chi connectivity index (χ3n) is 3.12. The Morgan fingerprint density at radius 2 is 2.00 bits per heavy atom. The van der Waals surface area contributed by atoms with Crippen LogP contribution in [0.1, 0.15) is 11.6 Å². The Labute approximate surface area is 159 Å². The average Bonchev–Trinajstić information content (AvgIpc) is 3.01. The van der Waals surface area contributed by atoms with Crippen molar-refractivity contribution in [3.8, 4) is 5.88 Å². The van der Waals surface area contributed by atoms with Gasteiger partial charge >= 0.3 is 0 Å².